The van der Waals surface area contributed by atoms with Crippen molar-refractivity contribution in [3.8, 4) is 22.1 Å². The molecule has 0 aliphatic carbocycles. The van der Waals surface area contributed by atoms with Gasteiger partial charge >= 0.3 is 5.97 Å². The fourth-order valence-corrected chi connectivity index (χ4v) is 3.33. The van der Waals surface area contributed by atoms with Gasteiger partial charge in [0.05, 0.1) is 19.9 Å². The second kappa shape index (κ2) is 9.70. The monoisotopic (exact) mass is 412 g/mol. The molecule has 0 atom stereocenters. The molecule has 3 rings (SSSR count). The Bertz CT molecular complexity index is 988. The van der Waals surface area contributed by atoms with Crippen molar-refractivity contribution in [2.24, 2.45) is 0 Å². The maximum Gasteiger partial charge on any atom is 0.325 e. The molecule has 3 aromatic rings. The third-order valence-electron chi connectivity index (χ3n) is 3.99. The molecule has 0 radical (unpaired) electrons. The van der Waals surface area contributed by atoms with E-state index in [0.29, 0.717) is 22.8 Å². The van der Waals surface area contributed by atoms with Crippen LogP contribution in [-0.4, -0.2) is 37.6 Å². The first-order valence-electron chi connectivity index (χ1n) is 8.76. The highest BCUT2D eigenvalue weighted by molar-refractivity contribution is 7.13. The van der Waals surface area contributed by atoms with Gasteiger partial charge < -0.3 is 19.5 Å². The van der Waals surface area contributed by atoms with Crippen LogP contribution in [0.15, 0.2) is 53.9 Å². The lowest BCUT2D eigenvalue weighted by molar-refractivity contribution is -0.143. The lowest BCUT2D eigenvalue weighted by atomic mass is 10.2. The summed E-state index contributed by atoms with van der Waals surface area (Å²) in [6.45, 7) is -0.197. The average molecular weight is 412 g/mol. The molecule has 0 aliphatic heterocycles. The quantitative estimate of drug-likeness (QED) is 0.572. The van der Waals surface area contributed by atoms with Gasteiger partial charge in [-0.2, -0.15) is 0 Å². The second-order valence-corrected chi connectivity index (χ2v) is 6.78. The van der Waals surface area contributed by atoms with Crippen LogP contribution in [0, 0.1) is 0 Å². The summed E-state index contributed by atoms with van der Waals surface area (Å²) >= 11 is 1.48. The third kappa shape index (κ3) is 5.32. The molecule has 0 saturated carbocycles. The number of hydrogen-bond donors (Lipinski definition) is 1. The molecule has 0 fully saturated rings. The minimum absolute atomic E-state index is 0.0500. The van der Waals surface area contributed by atoms with Crippen molar-refractivity contribution >= 4 is 23.2 Å². The number of carbonyl (C=O) groups excluding carboxylic acids is 2. The van der Waals surface area contributed by atoms with E-state index in [0.717, 1.165) is 10.6 Å². The van der Waals surface area contributed by atoms with Crippen LogP contribution in [0.2, 0.25) is 0 Å². The second-order valence-electron chi connectivity index (χ2n) is 5.92. The lowest BCUT2D eigenvalue weighted by Crippen LogP contribution is -2.30. The van der Waals surface area contributed by atoms with Crippen LogP contribution in [0.25, 0.3) is 10.6 Å². The van der Waals surface area contributed by atoms with Gasteiger partial charge in [0, 0.05) is 16.5 Å². The van der Waals surface area contributed by atoms with Crippen molar-refractivity contribution in [1.29, 1.82) is 0 Å². The molecule has 0 spiro atoms. The molecular weight excluding hydrogens is 392 g/mol. The number of carbonyl (C=O) groups is 2. The highest BCUT2D eigenvalue weighted by atomic mass is 32.1. The zero-order valence-electron chi connectivity index (χ0n) is 16.0. The fraction of sp³-hybridized carbons (Fsp3) is 0.190. The Hall–Kier alpha value is -3.39. The third-order valence-corrected chi connectivity index (χ3v) is 4.93. The van der Waals surface area contributed by atoms with Crippen molar-refractivity contribution in [2.45, 2.75) is 6.61 Å². The van der Waals surface area contributed by atoms with Crippen LogP contribution in [0.5, 0.6) is 11.5 Å². The molecule has 1 aromatic heterocycles. The number of amides is 1. The van der Waals surface area contributed by atoms with Crippen molar-refractivity contribution in [1.82, 2.24) is 10.3 Å². The highest BCUT2D eigenvalue weighted by Crippen LogP contribution is 2.27. The molecule has 150 valence electrons. The molecule has 0 saturated heterocycles. The van der Waals surface area contributed by atoms with Crippen LogP contribution in [0.1, 0.15) is 16.1 Å². The number of hydrogen-bond acceptors (Lipinski definition) is 7. The summed E-state index contributed by atoms with van der Waals surface area (Å²) < 4.78 is 15.5. The van der Waals surface area contributed by atoms with Gasteiger partial charge in [-0.15, -0.1) is 11.3 Å². The lowest BCUT2D eigenvalue weighted by Gasteiger charge is -2.10. The molecule has 1 heterocycles. The first kappa shape index (κ1) is 20.3. The van der Waals surface area contributed by atoms with Gasteiger partial charge in [0.1, 0.15) is 18.2 Å². The van der Waals surface area contributed by atoms with E-state index in [1.807, 2.05) is 35.7 Å². The van der Waals surface area contributed by atoms with Crippen molar-refractivity contribution in [3.05, 3.63) is 65.2 Å². The summed E-state index contributed by atoms with van der Waals surface area (Å²) in [5.41, 5.74) is 2.02. The molecule has 0 bridgehead atoms. The normalized spacial score (nSPS) is 10.3. The largest absolute Gasteiger partial charge is 0.493 e. The van der Waals surface area contributed by atoms with Gasteiger partial charge in [-0.3, -0.25) is 9.59 Å². The highest BCUT2D eigenvalue weighted by Gasteiger charge is 2.13. The van der Waals surface area contributed by atoms with Gasteiger partial charge in [-0.05, 0) is 18.2 Å². The SMILES string of the molecule is COc1ccc(C(=O)NCC(=O)OCc2csc(-c3ccccc3)n2)cc1OC. The zero-order valence-corrected chi connectivity index (χ0v) is 16.8. The number of esters is 1. The summed E-state index contributed by atoms with van der Waals surface area (Å²) in [6.07, 6.45) is 0. The Balaban J connectivity index is 1.49. The molecular formula is C21H20N2O5S. The van der Waals surface area contributed by atoms with Gasteiger partial charge in [0.25, 0.3) is 5.91 Å². The standard InChI is InChI=1S/C21H20N2O5S/c1-26-17-9-8-15(10-18(17)27-2)20(25)22-11-19(24)28-12-16-13-29-21(23-16)14-6-4-3-5-7-14/h3-10,13H,11-12H2,1-2H3,(H,22,25). The molecule has 1 N–H and O–H groups in total. The maximum atomic E-state index is 12.2. The van der Waals surface area contributed by atoms with E-state index in [1.54, 1.807) is 18.2 Å². The number of thiazole rings is 1. The minimum atomic E-state index is -0.548. The van der Waals surface area contributed by atoms with E-state index >= 15 is 0 Å². The van der Waals surface area contributed by atoms with Crippen molar-refractivity contribution in [2.75, 3.05) is 20.8 Å². The molecule has 0 unspecified atom stereocenters. The van der Waals surface area contributed by atoms with Crippen LogP contribution in [-0.2, 0) is 16.1 Å². The van der Waals surface area contributed by atoms with E-state index in [9.17, 15) is 9.59 Å². The first-order valence-corrected chi connectivity index (χ1v) is 9.64. The van der Waals surface area contributed by atoms with Gasteiger partial charge in [0.15, 0.2) is 11.5 Å². The molecule has 7 nitrogen and oxygen atoms in total. The Morgan fingerprint density at radius 2 is 1.79 bits per heavy atom. The molecule has 8 heteroatoms. The molecule has 29 heavy (non-hydrogen) atoms. The van der Waals surface area contributed by atoms with Crippen LogP contribution >= 0.6 is 11.3 Å². The summed E-state index contributed by atoms with van der Waals surface area (Å²) in [5, 5.41) is 5.23. The minimum Gasteiger partial charge on any atom is -0.493 e. The predicted molar refractivity (Wildman–Crippen MR) is 109 cm³/mol. The number of nitrogens with one attached hydrogen (secondary N) is 1. The predicted octanol–water partition coefficient (Wildman–Crippen LogP) is 3.30. The summed E-state index contributed by atoms with van der Waals surface area (Å²) in [7, 11) is 3.00. The average Bonchev–Trinajstić information content (AvgIpc) is 3.25. The number of methoxy groups -OCH3 is 2. The van der Waals surface area contributed by atoms with Gasteiger partial charge in [0.2, 0.25) is 0 Å². The molecule has 0 aliphatic rings. The molecule has 1 amide bonds. The Labute approximate surface area is 172 Å². The van der Waals surface area contributed by atoms with Crippen molar-refractivity contribution in [3.63, 3.8) is 0 Å². The fourth-order valence-electron chi connectivity index (χ4n) is 2.52. The number of nitrogens with zero attached hydrogens (tertiary/aromatic N) is 1. The van der Waals surface area contributed by atoms with E-state index in [4.69, 9.17) is 14.2 Å². The smallest absolute Gasteiger partial charge is 0.325 e. The van der Waals surface area contributed by atoms with E-state index in [-0.39, 0.29) is 13.2 Å². The number of ether oxygens (including phenoxy) is 3. The van der Waals surface area contributed by atoms with E-state index in [2.05, 4.69) is 10.3 Å². The van der Waals surface area contributed by atoms with Gasteiger partial charge in [-0.25, -0.2) is 4.98 Å². The Kier molecular flexibility index (Phi) is 6.80. The van der Waals surface area contributed by atoms with Gasteiger partial charge in [-0.1, -0.05) is 30.3 Å². The first-order chi connectivity index (χ1) is 14.1. The summed E-state index contributed by atoms with van der Waals surface area (Å²) in [5.74, 6) is -0.0157. The Morgan fingerprint density at radius 1 is 1.03 bits per heavy atom. The van der Waals surface area contributed by atoms with Crippen molar-refractivity contribution < 1.29 is 23.8 Å². The number of benzene rings is 2. The van der Waals surface area contributed by atoms with E-state index < -0.39 is 11.9 Å². The van der Waals surface area contributed by atoms with Crippen LogP contribution in [0.3, 0.4) is 0 Å². The molecule has 2 aromatic carbocycles. The Morgan fingerprint density at radius 3 is 2.52 bits per heavy atom. The maximum absolute atomic E-state index is 12.2. The summed E-state index contributed by atoms with van der Waals surface area (Å²) in [4.78, 5) is 28.6. The number of aromatic nitrogens is 1. The van der Waals surface area contributed by atoms with Crippen LogP contribution in [0.4, 0.5) is 0 Å². The summed E-state index contributed by atoms with van der Waals surface area (Å²) in [6, 6.07) is 14.5. The van der Waals surface area contributed by atoms with E-state index in [1.165, 1.54) is 25.6 Å². The zero-order chi connectivity index (χ0) is 20.6. The topological polar surface area (TPSA) is 86.8 Å². The number of rotatable bonds is 8. The van der Waals surface area contributed by atoms with Crippen LogP contribution < -0.4 is 14.8 Å².